The molecule has 3 rings (SSSR count). The third-order valence-electron chi connectivity index (χ3n) is 4.02. The van der Waals surface area contributed by atoms with Gasteiger partial charge in [0.1, 0.15) is 11.5 Å². The summed E-state index contributed by atoms with van der Waals surface area (Å²) >= 11 is 0. The molecule has 0 fully saturated rings. The van der Waals surface area contributed by atoms with E-state index in [2.05, 4.69) is 53.3 Å². The van der Waals surface area contributed by atoms with Crippen LogP contribution in [0.15, 0.2) is 42.5 Å². The minimum absolute atomic E-state index is 0.106. The molecular weight excluding hydrogens is 286 g/mol. The van der Waals surface area contributed by atoms with Gasteiger partial charge in [-0.2, -0.15) is 0 Å². The summed E-state index contributed by atoms with van der Waals surface area (Å²) in [6.07, 6.45) is 2.20. The Morgan fingerprint density at radius 3 is 2.87 bits per heavy atom. The molecule has 120 valence electrons. The fraction of sp³-hybridized carbons (Fsp3) is 0.368. The lowest BCUT2D eigenvalue weighted by atomic mass is 10.0. The van der Waals surface area contributed by atoms with Crippen LogP contribution in [-0.2, 0) is 6.42 Å². The maximum atomic E-state index is 12.2. The van der Waals surface area contributed by atoms with Crippen LogP contribution in [0, 0.1) is 5.92 Å². The van der Waals surface area contributed by atoms with E-state index < -0.39 is 0 Å². The molecule has 0 radical (unpaired) electrons. The summed E-state index contributed by atoms with van der Waals surface area (Å²) in [6, 6.07) is 14.1. The fourth-order valence-corrected chi connectivity index (χ4v) is 2.86. The van der Waals surface area contributed by atoms with E-state index >= 15 is 0 Å². The molecule has 0 unspecified atom stereocenters. The van der Waals surface area contributed by atoms with Gasteiger partial charge in [0.15, 0.2) is 0 Å². The molecule has 2 heterocycles. The van der Waals surface area contributed by atoms with E-state index in [0.717, 1.165) is 25.2 Å². The molecule has 4 heteroatoms. The van der Waals surface area contributed by atoms with Gasteiger partial charge in [0.2, 0.25) is 0 Å². The second kappa shape index (κ2) is 6.82. The minimum Gasteiger partial charge on any atom is -0.350 e. The first-order valence-electron chi connectivity index (χ1n) is 8.26. The summed E-state index contributed by atoms with van der Waals surface area (Å²) in [5.41, 5.74) is 3.02. The van der Waals surface area contributed by atoms with Crippen LogP contribution in [0.4, 0.5) is 11.5 Å². The number of aryl methyl sites for hydroxylation is 1. The van der Waals surface area contributed by atoms with Crippen molar-refractivity contribution in [1.82, 2.24) is 10.3 Å². The Morgan fingerprint density at radius 1 is 1.22 bits per heavy atom. The van der Waals surface area contributed by atoms with Gasteiger partial charge in [-0.05, 0) is 42.5 Å². The average molecular weight is 309 g/mol. The highest BCUT2D eigenvalue weighted by Crippen LogP contribution is 2.32. The molecule has 1 aromatic carbocycles. The SMILES string of the molecule is CC(C)CNC(=O)c1cccc(N2CCCc3ccccc32)n1. The van der Waals surface area contributed by atoms with E-state index in [-0.39, 0.29) is 5.91 Å². The Balaban J connectivity index is 1.85. The maximum absolute atomic E-state index is 12.2. The number of fused-ring (bicyclic) bond motifs is 1. The van der Waals surface area contributed by atoms with Crippen molar-refractivity contribution in [3.8, 4) is 0 Å². The summed E-state index contributed by atoms with van der Waals surface area (Å²) < 4.78 is 0. The zero-order valence-electron chi connectivity index (χ0n) is 13.7. The normalized spacial score (nSPS) is 13.8. The van der Waals surface area contributed by atoms with Crippen LogP contribution in [-0.4, -0.2) is 24.0 Å². The van der Waals surface area contributed by atoms with Crippen LogP contribution < -0.4 is 10.2 Å². The van der Waals surface area contributed by atoms with Crippen LogP contribution in [0.25, 0.3) is 0 Å². The standard InChI is InChI=1S/C19H23N3O/c1-14(2)13-20-19(23)16-9-5-11-18(21-16)22-12-6-8-15-7-3-4-10-17(15)22/h3-5,7,9-11,14H,6,8,12-13H2,1-2H3,(H,20,23). The van der Waals surface area contributed by atoms with E-state index in [0.29, 0.717) is 18.2 Å². The molecule has 4 nitrogen and oxygen atoms in total. The Kier molecular flexibility index (Phi) is 4.60. The molecular formula is C19H23N3O. The van der Waals surface area contributed by atoms with Gasteiger partial charge < -0.3 is 10.2 Å². The Labute approximate surface area is 137 Å². The quantitative estimate of drug-likeness (QED) is 0.939. The first-order chi connectivity index (χ1) is 11.1. The largest absolute Gasteiger partial charge is 0.350 e. The lowest BCUT2D eigenvalue weighted by Crippen LogP contribution is -2.29. The van der Waals surface area contributed by atoms with Crippen LogP contribution >= 0.6 is 0 Å². The van der Waals surface area contributed by atoms with Gasteiger partial charge in [-0.1, -0.05) is 38.1 Å². The topological polar surface area (TPSA) is 45.2 Å². The molecule has 0 saturated carbocycles. The number of carbonyl (C=O) groups excluding carboxylic acids is 1. The molecule has 1 aliphatic heterocycles. The highest BCUT2D eigenvalue weighted by Gasteiger charge is 2.19. The van der Waals surface area contributed by atoms with Crippen molar-refractivity contribution < 1.29 is 4.79 Å². The van der Waals surface area contributed by atoms with Gasteiger partial charge in [0, 0.05) is 18.8 Å². The number of aromatic nitrogens is 1. The number of nitrogens with zero attached hydrogens (tertiary/aromatic N) is 2. The third kappa shape index (κ3) is 3.52. The van der Waals surface area contributed by atoms with E-state index in [4.69, 9.17) is 0 Å². The first-order valence-corrected chi connectivity index (χ1v) is 8.26. The molecule has 0 saturated heterocycles. The number of carbonyl (C=O) groups is 1. The molecule has 0 spiro atoms. The molecule has 1 amide bonds. The van der Waals surface area contributed by atoms with Gasteiger partial charge in [-0.3, -0.25) is 4.79 Å². The van der Waals surface area contributed by atoms with E-state index in [1.807, 2.05) is 12.1 Å². The predicted octanol–water partition coefficient (Wildman–Crippen LogP) is 3.55. The number of para-hydroxylation sites is 1. The molecule has 0 bridgehead atoms. The van der Waals surface area contributed by atoms with E-state index in [9.17, 15) is 4.79 Å². The monoisotopic (exact) mass is 309 g/mol. The summed E-state index contributed by atoms with van der Waals surface area (Å²) in [4.78, 5) is 19.0. The highest BCUT2D eigenvalue weighted by molar-refractivity contribution is 5.92. The average Bonchev–Trinajstić information content (AvgIpc) is 2.59. The van der Waals surface area contributed by atoms with E-state index in [1.54, 1.807) is 6.07 Å². The van der Waals surface area contributed by atoms with Crippen molar-refractivity contribution in [2.24, 2.45) is 5.92 Å². The highest BCUT2D eigenvalue weighted by atomic mass is 16.1. The lowest BCUT2D eigenvalue weighted by Gasteiger charge is -2.30. The number of nitrogens with one attached hydrogen (secondary N) is 1. The van der Waals surface area contributed by atoms with Gasteiger partial charge in [-0.25, -0.2) is 4.98 Å². The number of hydrogen-bond donors (Lipinski definition) is 1. The van der Waals surface area contributed by atoms with Gasteiger partial charge in [0.25, 0.3) is 5.91 Å². The van der Waals surface area contributed by atoms with Crippen molar-refractivity contribution in [3.05, 3.63) is 53.7 Å². The Bertz CT molecular complexity index is 697. The third-order valence-corrected chi connectivity index (χ3v) is 4.02. The summed E-state index contributed by atoms with van der Waals surface area (Å²) in [6.45, 7) is 5.75. The van der Waals surface area contributed by atoms with Gasteiger partial charge in [-0.15, -0.1) is 0 Å². The molecule has 2 aromatic rings. The van der Waals surface area contributed by atoms with E-state index in [1.165, 1.54) is 11.3 Å². The van der Waals surface area contributed by atoms with Crippen LogP contribution in [0.5, 0.6) is 0 Å². The second-order valence-electron chi connectivity index (χ2n) is 6.37. The number of pyridine rings is 1. The molecule has 0 aliphatic carbocycles. The predicted molar refractivity (Wildman–Crippen MR) is 93.2 cm³/mol. The van der Waals surface area contributed by atoms with Crippen LogP contribution in [0.3, 0.4) is 0 Å². The number of benzene rings is 1. The van der Waals surface area contributed by atoms with Crippen molar-refractivity contribution >= 4 is 17.4 Å². The maximum Gasteiger partial charge on any atom is 0.269 e. The number of rotatable bonds is 4. The summed E-state index contributed by atoms with van der Waals surface area (Å²) in [7, 11) is 0. The summed E-state index contributed by atoms with van der Waals surface area (Å²) in [5.74, 6) is 1.16. The Hall–Kier alpha value is -2.36. The second-order valence-corrected chi connectivity index (χ2v) is 6.37. The minimum atomic E-state index is -0.106. The number of anilines is 2. The zero-order valence-corrected chi connectivity index (χ0v) is 13.7. The lowest BCUT2D eigenvalue weighted by molar-refractivity contribution is 0.0944. The first kappa shape index (κ1) is 15.5. The molecule has 0 atom stereocenters. The Morgan fingerprint density at radius 2 is 2.04 bits per heavy atom. The smallest absolute Gasteiger partial charge is 0.269 e. The van der Waals surface area contributed by atoms with Gasteiger partial charge in [0.05, 0.1) is 0 Å². The van der Waals surface area contributed by atoms with Crippen molar-refractivity contribution in [2.45, 2.75) is 26.7 Å². The van der Waals surface area contributed by atoms with Crippen LogP contribution in [0.1, 0.15) is 36.3 Å². The fourth-order valence-electron chi connectivity index (χ4n) is 2.86. The molecule has 23 heavy (non-hydrogen) atoms. The number of amides is 1. The van der Waals surface area contributed by atoms with Crippen molar-refractivity contribution in [3.63, 3.8) is 0 Å². The number of hydrogen-bond acceptors (Lipinski definition) is 3. The van der Waals surface area contributed by atoms with Crippen molar-refractivity contribution in [1.29, 1.82) is 0 Å². The van der Waals surface area contributed by atoms with Gasteiger partial charge >= 0.3 is 0 Å². The molecule has 1 aromatic heterocycles. The molecule has 1 N–H and O–H groups in total. The molecule has 1 aliphatic rings. The van der Waals surface area contributed by atoms with Crippen LogP contribution in [0.2, 0.25) is 0 Å². The summed E-state index contributed by atoms with van der Waals surface area (Å²) in [5, 5.41) is 2.93. The zero-order chi connectivity index (χ0) is 16.2. The van der Waals surface area contributed by atoms with Crippen molar-refractivity contribution in [2.75, 3.05) is 18.0 Å².